The molecule has 7 heteroatoms. The summed E-state index contributed by atoms with van der Waals surface area (Å²) < 4.78 is 4.68. The number of fused-ring (bicyclic) bond motifs is 1. The van der Waals surface area contributed by atoms with Crippen LogP contribution in [0.25, 0.3) is 10.9 Å². The van der Waals surface area contributed by atoms with Crippen molar-refractivity contribution < 1.29 is 14.3 Å². The number of aromatic nitrogens is 1. The van der Waals surface area contributed by atoms with E-state index in [0.29, 0.717) is 23.0 Å². The van der Waals surface area contributed by atoms with Gasteiger partial charge in [-0.05, 0) is 54.9 Å². The fourth-order valence-corrected chi connectivity index (χ4v) is 4.28. The Hall–Kier alpha value is -3.32. The first kappa shape index (κ1) is 20.0. The fourth-order valence-electron chi connectivity index (χ4n) is 3.30. The number of nitrogens with one attached hydrogen (secondary N) is 1. The SMILES string of the molecule is COC(=O)/C=C1/SC(=Nc2ccccc2)N(CCc2c[nH]c3ccc(C)cc23)C1=O. The number of hydrogen-bond acceptors (Lipinski definition) is 5. The van der Waals surface area contributed by atoms with Crippen LogP contribution < -0.4 is 0 Å². The Morgan fingerprint density at radius 2 is 2.03 bits per heavy atom. The number of aliphatic imine (C=N–C) groups is 1. The van der Waals surface area contributed by atoms with Gasteiger partial charge in [-0.1, -0.05) is 29.8 Å². The number of amides is 1. The van der Waals surface area contributed by atoms with Crippen molar-refractivity contribution in [1.29, 1.82) is 0 Å². The number of esters is 1. The number of para-hydroxylation sites is 1. The molecule has 4 rings (SSSR count). The summed E-state index contributed by atoms with van der Waals surface area (Å²) in [5.74, 6) is -0.796. The van der Waals surface area contributed by atoms with E-state index in [1.165, 1.54) is 30.5 Å². The number of amidine groups is 1. The van der Waals surface area contributed by atoms with Crippen LogP contribution in [0, 0.1) is 6.92 Å². The predicted octanol–water partition coefficient (Wildman–Crippen LogP) is 4.34. The number of nitrogens with zero attached hydrogens (tertiary/aromatic N) is 2. The molecule has 1 aliphatic heterocycles. The van der Waals surface area contributed by atoms with Crippen molar-refractivity contribution in [2.45, 2.75) is 13.3 Å². The number of thioether (sulfide) groups is 1. The number of aromatic amines is 1. The van der Waals surface area contributed by atoms with Crippen LogP contribution in [-0.2, 0) is 20.7 Å². The van der Waals surface area contributed by atoms with Crippen LogP contribution in [0.15, 0.2) is 70.7 Å². The Labute approximate surface area is 178 Å². The molecule has 1 saturated heterocycles. The van der Waals surface area contributed by atoms with E-state index < -0.39 is 5.97 Å². The number of H-pyrrole nitrogens is 1. The highest BCUT2D eigenvalue weighted by atomic mass is 32.2. The van der Waals surface area contributed by atoms with Gasteiger partial charge in [0.25, 0.3) is 5.91 Å². The number of carbonyl (C=O) groups is 2. The first-order valence-corrected chi connectivity index (χ1v) is 10.4. The lowest BCUT2D eigenvalue weighted by Gasteiger charge is -2.15. The second kappa shape index (κ2) is 8.59. The van der Waals surface area contributed by atoms with Crippen molar-refractivity contribution in [3.8, 4) is 0 Å². The zero-order valence-corrected chi connectivity index (χ0v) is 17.5. The molecule has 2 heterocycles. The number of carbonyl (C=O) groups excluding carboxylic acids is 2. The maximum Gasteiger partial charge on any atom is 0.331 e. The molecule has 6 nitrogen and oxygen atoms in total. The molecule has 0 aliphatic carbocycles. The molecule has 0 saturated carbocycles. The summed E-state index contributed by atoms with van der Waals surface area (Å²) in [7, 11) is 1.29. The largest absolute Gasteiger partial charge is 0.466 e. The van der Waals surface area contributed by atoms with E-state index in [9.17, 15) is 9.59 Å². The van der Waals surface area contributed by atoms with Gasteiger partial charge in [-0.15, -0.1) is 0 Å². The zero-order valence-electron chi connectivity index (χ0n) is 16.7. The van der Waals surface area contributed by atoms with E-state index >= 15 is 0 Å². The van der Waals surface area contributed by atoms with Gasteiger partial charge in [0.2, 0.25) is 0 Å². The van der Waals surface area contributed by atoms with Gasteiger partial charge < -0.3 is 9.72 Å². The number of aryl methyl sites for hydroxylation is 1. The molecular formula is C23H21N3O3S. The second-order valence-electron chi connectivity index (χ2n) is 6.93. The number of rotatable bonds is 5. The van der Waals surface area contributed by atoms with Crippen LogP contribution in [0.2, 0.25) is 0 Å². The van der Waals surface area contributed by atoms with Gasteiger partial charge in [0.15, 0.2) is 5.17 Å². The van der Waals surface area contributed by atoms with Crippen LogP contribution >= 0.6 is 11.8 Å². The van der Waals surface area contributed by atoms with Crippen LogP contribution in [0.5, 0.6) is 0 Å². The molecule has 0 unspecified atom stereocenters. The first-order chi connectivity index (χ1) is 14.5. The maximum absolute atomic E-state index is 13.0. The van der Waals surface area contributed by atoms with Gasteiger partial charge in [-0.3, -0.25) is 9.69 Å². The predicted molar refractivity (Wildman–Crippen MR) is 120 cm³/mol. The first-order valence-electron chi connectivity index (χ1n) is 9.55. The average molecular weight is 420 g/mol. The third kappa shape index (κ3) is 4.16. The smallest absolute Gasteiger partial charge is 0.331 e. The topological polar surface area (TPSA) is 74.8 Å². The van der Waals surface area contributed by atoms with E-state index in [2.05, 4.69) is 39.8 Å². The van der Waals surface area contributed by atoms with Crippen molar-refractivity contribution in [3.05, 3.63) is 76.8 Å². The Kier molecular flexibility index (Phi) is 5.72. The lowest BCUT2D eigenvalue weighted by atomic mass is 10.1. The number of benzene rings is 2. The highest BCUT2D eigenvalue weighted by Gasteiger charge is 2.34. The lowest BCUT2D eigenvalue weighted by molar-refractivity contribution is -0.135. The molecule has 1 aromatic heterocycles. The van der Waals surface area contributed by atoms with Crippen LogP contribution in [0.3, 0.4) is 0 Å². The number of methoxy groups -OCH3 is 1. The van der Waals surface area contributed by atoms with Gasteiger partial charge in [-0.2, -0.15) is 0 Å². The van der Waals surface area contributed by atoms with E-state index in [1.54, 1.807) is 4.90 Å². The van der Waals surface area contributed by atoms with Crippen molar-refractivity contribution >= 4 is 45.4 Å². The summed E-state index contributed by atoms with van der Waals surface area (Å²) in [5, 5.41) is 1.71. The molecular weight excluding hydrogens is 398 g/mol. The minimum atomic E-state index is -0.557. The zero-order chi connectivity index (χ0) is 21.1. The molecule has 1 fully saturated rings. The van der Waals surface area contributed by atoms with Crippen molar-refractivity contribution in [2.24, 2.45) is 4.99 Å². The standard InChI is InChI=1S/C23H21N3O3S/c1-15-8-9-19-18(12-15)16(14-24-19)10-11-26-22(28)20(13-21(27)29-2)30-23(26)25-17-6-4-3-5-7-17/h3-9,12-14,24H,10-11H2,1-2H3/b20-13+,25-23?. The van der Waals surface area contributed by atoms with Gasteiger partial charge in [0.05, 0.1) is 17.7 Å². The molecule has 0 spiro atoms. The third-order valence-corrected chi connectivity index (χ3v) is 5.85. The monoisotopic (exact) mass is 419 g/mol. The summed E-state index contributed by atoms with van der Waals surface area (Å²) >= 11 is 1.19. The van der Waals surface area contributed by atoms with Crippen molar-refractivity contribution in [2.75, 3.05) is 13.7 Å². The molecule has 0 atom stereocenters. The van der Waals surface area contributed by atoms with E-state index in [1.807, 2.05) is 36.5 Å². The van der Waals surface area contributed by atoms with Gasteiger partial charge >= 0.3 is 5.97 Å². The lowest BCUT2D eigenvalue weighted by Crippen LogP contribution is -2.31. The highest BCUT2D eigenvalue weighted by molar-refractivity contribution is 8.18. The van der Waals surface area contributed by atoms with Crippen LogP contribution in [0.4, 0.5) is 5.69 Å². The Bertz CT molecular complexity index is 1160. The minimum Gasteiger partial charge on any atom is -0.466 e. The quantitative estimate of drug-likeness (QED) is 0.493. The Morgan fingerprint density at radius 1 is 1.23 bits per heavy atom. The molecule has 3 aromatic rings. The minimum absolute atomic E-state index is 0.240. The molecule has 0 radical (unpaired) electrons. The molecule has 30 heavy (non-hydrogen) atoms. The molecule has 2 aromatic carbocycles. The number of hydrogen-bond donors (Lipinski definition) is 1. The average Bonchev–Trinajstić information content (AvgIpc) is 3.27. The van der Waals surface area contributed by atoms with Gasteiger partial charge in [0, 0.05) is 29.7 Å². The maximum atomic E-state index is 13.0. The fraction of sp³-hybridized carbons (Fsp3) is 0.174. The molecule has 0 bridgehead atoms. The summed E-state index contributed by atoms with van der Waals surface area (Å²) in [6.45, 7) is 2.52. The Balaban J connectivity index is 1.62. The van der Waals surface area contributed by atoms with Gasteiger partial charge in [-0.25, -0.2) is 9.79 Å². The van der Waals surface area contributed by atoms with Crippen molar-refractivity contribution in [3.63, 3.8) is 0 Å². The van der Waals surface area contributed by atoms with Crippen LogP contribution in [0.1, 0.15) is 11.1 Å². The summed E-state index contributed by atoms with van der Waals surface area (Å²) in [4.78, 5) is 34.5. The van der Waals surface area contributed by atoms with E-state index in [0.717, 1.165) is 22.2 Å². The summed E-state index contributed by atoms with van der Waals surface area (Å²) in [6, 6.07) is 15.7. The van der Waals surface area contributed by atoms with E-state index in [4.69, 9.17) is 0 Å². The van der Waals surface area contributed by atoms with E-state index in [-0.39, 0.29) is 5.91 Å². The second-order valence-corrected chi connectivity index (χ2v) is 7.94. The summed E-state index contributed by atoms with van der Waals surface area (Å²) in [6.07, 6.45) is 3.87. The number of ether oxygens (including phenoxy) is 1. The van der Waals surface area contributed by atoms with Gasteiger partial charge in [0.1, 0.15) is 0 Å². The summed E-state index contributed by atoms with van der Waals surface area (Å²) in [5.41, 5.74) is 4.14. The molecule has 152 valence electrons. The highest BCUT2D eigenvalue weighted by Crippen LogP contribution is 2.33. The van der Waals surface area contributed by atoms with Crippen molar-refractivity contribution in [1.82, 2.24) is 9.88 Å². The van der Waals surface area contributed by atoms with Crippen LogP contribution in [-0.4, -0.2) is 40.6 Å². The molecule has 1 aliphatic rings. The molecule has 1 N–H and O–H groups in total. The third-order valence-electron chi connectivity index (χ3n) is 4.85. The normalized spacial score (nSPS) is 16.7. The Morgan fingerprint density at radius 3 is 2.80 bits per heavy atom. The molecule has 1 amide bonds.